The predicted molar refractivity (Wildman–Crippen MR) is 65.6 cm³/mol. The summed E-state index contributed by atoms with van der Waals surface area (Å²) in [5.41, 5.74) is 0. The first-order valence-corrected chi connectivity index (χ1v) is 5.86. The van der Waals surface area contributed by atoms with E-state index >= 15 is 0 Å². The van der Waals surface area contributed by atoms with Crippen molar-refractivity contribution in [3.05, 3.63) is 12.4 Å². The number of rotatable bonds is 5. The van der Waals surface area contributed by atoms with Crippen molar-refractivity contribution in [2.75, 3.05) is 30.4 Å². The molecule has 1 aliphatic rings. The number of hydrogen-bond donors (Lipinski definition) is 3. The lowest BCUT2D eigenvalue weighted by atomic mass is 10.1. The van der Waals surface area contributed by atoms with Gasteiger partial charge in [0.15, 0.2) is 0 Å². The number of aromatic nitrogens is 2. The van der Waals surface area contributed by atoms with Crippen molar-refractivity contribution in [1.29, 1.82) is 0 Å². The van der Waals surface area contributed by atoms with Crippen LogP contribution in [-0.4, -0.2) is 46.8 Å². The third kappa shape index (κ3) is 3.85. The molecular weight excluding hydrogens is 236 g/mol. The maximum Gasteiger partial charge on any atom is 0.322 e. The molecule has 2 heterocycles. The number of carboxylic acids is 1. The van der Waals surface area contributed by atoms with Gasteiger partial charge in [-0.3, -0.25) is 4.79 Å². The number of ether oxygens (including phenoxy) is 1. The fraction of sp³-hybridized carbons (Fsp3) is 0.545. The van der Waals surface area contributed by atoms with Gasteiger partial charge in [0.25, 0.3) is 0 Å². The summed E-state index contributed by atoms with van der Waals surface area (Å²) in [6, 6.07) is 2.05. The molecule has 1 aromatic rings. The molecule has 3 N–H and O–H groups in total. The Kier molecular flexibility index (Phi) is 4.30. The van der Waals surface area contributed by atoms with E-state index in [1.165, 1.54) is 6.33 Å². The molecular formula is C11H16N4O3. The van der Waals surface area contributed by atoms with E-state index in [0.717, 1.165) is 26.1 Å². The quantitative estimate of drug-likeness (QED) is 0.704. The minimum Gasteiger partial charge on any atom is -0.480 e. The molecule has 0 spiro atoms. The van der Waals surface area contributed by atoms with Gasteiger partial charge in [0.05, 0.1) is 0 Å². The van der Waals surface area contributed by atoms with E-state index in [1.807, 2.05) is 0 Å². The summed E-state index contributed by atoms with van der Waals surface area (Å²) in [6.07, 6.45) is 3.30. The Morgan fingerprint density at radius 2 is 2.11 bits per heavy atom. The number of nitrogens with zero attached hydrogens (tertiary/aromatic N) is 2. The summed E-state index contributed by atoms with van der Waals surface area (Å²) in [4.78, 5) is 18.5. The van der Waals surface area contributed by atoms with E-state index < -0.39 is 5.97 Å². The lowest BCUT2D eigenvalue weighted by molar-refractivity contribution is -0.134. The number of hydrogen-bond acceptors (Lipinski definition) is 6. The third-order valence-electron chi connectivity index (χ3n) is 2.66. The zero-order valence-corrected chi connectivity index (χ0v) is 9.93. The average molecular weight is 252 g/mol. The molecule has 1 saturated heterocycles. The molecule has 0 radical (unpaired) electrons. The molecule has 1 aliphatic heterocycles. The van der Waals surface area contributed by atoms with Crippen molar-refractivity contribution in [3.63, 3.8) is 0 Å². The molecule has 2 rings (SSSR count). The zero-order chi connectivity index (χ0) is 12.8. The molecule has 0 aliphatic carbocycles. The first-order chi connectivity index (χ1) is 8.74. The van der Waals surface area contributed by atoms with Crippen LogP contribution in [-0.2, 0) is 9.53 Å². The Hall–Kier alpha value is -1.89. The zero-order valence-electron chi connectivity index (χ0n) is 9.93. The van der Waals surface area contributed by atoms with E-state index in [0.29, 0.717) is 17.7 Å². The van der Waals surface area contributed by atoms with Crippen LogP contribution < -0.4 is 10.6 Å². The van der Waals surface area contributed by atoms with Crippen LogP contribution in [0.3, 0.4) is 0 Å². The van der Waals surface area contributed by atoms with Crippen LogP contribution in [0.1, 0.15) is 12.8 Å². The Labute approximate surface area is 105 Å². The lowest BCUT2D eigenvalue weighted by Crippen LogP contribution is -2.28. The van der Waals surface area contributed by atoms with Gasteiger partial charge in [-0.05, 0) is 12.8 Å². The second kappa shape index (κ2) is 6.15. The van der Waals surface area contributed by atoms with Crippen molar-refractivity contribution < 1.29 is 14.6 Å². The molecule has 0 bridgehead atoms. The summed E-state index contributed by atoms with van der Waals surface area (Å²) in [6.45, 7) is 1.35. The highest BCUT2D eigenvalue weighted by Gasteiger charge is 2.14. The van der Waals surface area contributed by atoms with E-state index in [2.05, 4.69) is 20.6 Å². The first kappa shape index (κ1) is 12.6. The van der Waals surface area contributed by atoms with E-state index in [9.17, 15) is 4.79 Å². The minimum atomic E-state index is -0.924. The maximum absolute atomic E-state index is 10.4. The normalized spacial score (nSPS) is 16.2. The van der Waals surface area contributed by atoms with Crippen molar-refractivity contribution in [3.8, 4) is 0 Å². The molecule has 0 atom stereocenters. The summed E-state index contributed by atoms with van der Waals surface area (Å²) in [5.74, 6) is 0.277. The van der Waals surface area contributed by atoms with E-state index in [4.69, 9.17) is 9.84 Å². The van der Waals surface area contributed by atoms with Gasteiger partial charge in [-0.15, -0.1) is 0 Å². The molecule has 7 nitrogen and oxygen atoms in total. The molecule has 1 aromatic heterocycles. The van der Waals surface area contributed by atoms with Gasteiger partial charge in [0.2, 0.25) is 0 Å². The van der Waals surface area contributed by atoms with Crippen LogP contribution in [0.4, 0.5) is 11.6 Å². The van der Waals surface area contributed by atoms with Crippen LogP contribution >= 0.6 is 0 Å². The topological polar surface area (TPSA) is 96.4 Å². The summed E-state index contributed by atoms with van der Waals surface area (Å²) >= 11 is 0. The average Bonchev–Trinajstić information content (AvgIpc) is 2.38. The Morgan fingerprint density at radius 3 is 2.83 bits per heavy atom. The molecule has 98 valence electrons. The molecule has 7 heteroatoms. The molecule has 0 aromatic carbocycles. The predicted octanol–water partition coefficient (Wildman–Crippen LogP) is 0.564. The largest absolute Gasteiger partial charge is 0.480 e. The van der Waals surface area contributed by atoms with Gasteiger partial charge >= 0.3 is 5.97 Å². The van der Waals surface area contributed by atoms with E-state index in [-0.39, 0.29) is 6.54 Å². The maximum atomic E-state index is 10.4. The van der Waals surface area contributed by atoms with Crippen LogP contribution in [0.2, 0.25) is 0 Å². The number of nitrogens with one attached hydrogen (secondary N) is 2. The Morgan fingerprint density at radius 1 is 1.39 bits per heavy atom. The Balaban J connectivity index is 1.91. The van der Waals surface area contributed by atoms with Crippen molar-refractivity contribution in [2.45, 2.75) is 18.9 Å². The summed E-state index contributed by atoms with van der Waals surface area (Å²) < 4.78 is 5.28. The highest BCUT2D eigenvalue weighted by Crippen LogP contribution is 2.14. The second-order valence-electron chi connectivity index (χ2n) is 4.07. The fourth-order valence-corrected chi connectivity index (χ4v) is 1.75. The van der Waals surface area contributed by atoms with Gasteiger partial charge in [0.1, 0.15) is 24.5 Å². The number of carbonyl (C=O) groups is 1. The molecule has 0 amide bonds. The van der Waals surface area contributed by atoms with Gasteiger partial charge in [-0.2, -0.15) is 0 Å². The first-order valence-electron chi connectivity index (χ1n) is 5.86. The number of carboxylic acid groups (broad SMARTS) is 1. The van der Waals surface area contributed by atoms with Gasteiger partial charge in [-0.1, -0.05) is 0 Å². The number of anilines is 2. The van der Waals surface area contributed by atoms with Gasteiger partial charge < -0.3 is 20.5 Å². The van der Waals surface area contributed by atoms with Crippen molar-refractivity contribution in [1.82, 2.24) is 9.97 Å². The summed E-state index contributed by atoms with van der Waals surface area (Å²) in [5, 5.41) is 14.6. The minimum absolute atomic E-state index is 0.159. The Bertz CT molecular complexity index is 407. The lowest BCUT2D eigenvalue weighted by Gasteiger charge is -2.23. The monoisotopic (exact) mass is 252 g/mol. The molecule has 18 heavy (non-hydrogen) atoms. The van der Waals surface area contributed by atoms with Crippen LogP contribution in [0.25, 0.3) is 0 Å². The number of aliphatic carboxylic acids is 1. The molecule has 1 fully saturated rings. The highest BCUT2D eigenvalue weighted by molar-refractivity contribution is 5.72. The fourth-order valence-electron chi connectivity index (χ4n) is 1.75. The van der Waals surface area contributed by atoms with Crippen molar-refractivity contribution >= 4 is 17.6 Å². The SMILES string of the molecule is O=C(O)CNc1cc(NC2CCOCC2)ncn1. The van der Waals surface area contributed by atoms with Crippen LogP contribution in [0, 0.1) is 0 Å². The second-order valence-corrected chi connectivity index (χ2v) is 4.07. The van der Waals surface area contributed by atoms with E-state index in [1.54, 1.807) is 6.07 Å². The van der Waals surface area contributed by atoms with Crippen LogP contribution in [0.5, 0.6) is 0 Å². The molecule has 0 saturated carbocycles. The molecule has 0 unspecified atom stereocenters. The van der Waals surface area contributed by atoms with Gasteiger partial charge in [-0.25, -0.2) is 9.97 Å². The third-order valence-corrected chi connectivity index (χ3v) is 2.66. The van der Waals surface area contributed by atoms with Crippen LogP contribution in [0.15, 0.2) is 12.4 Å². The highest BCUT2D eigenvalue weighted by atomic mass is 16.5. The summed E-state index contributed by atoms with van der Waals surface area (Å²) in [7, 11) is 0. The van der Waals surface area contributed by atoms with Gasteiger partial charge in [0, 0.05) is 25.3 Å². The van der Waals surface area contributed by atoms with Crippen molar-refractivity contribution in [2.24, 2.45) is 0 Å². The smallest absolute Gasteiger partial charge is 0.322 e. The standard InChI is InChI=1S/C11H16N4O3/c16-11(17)6-12-9-5-10(14-7-13-9)15-8-1-3-18-4-2-8/h5,7-8H,1-4,6H2,(H,16,17)(H2,12,13,14,15).